The van der Waals surface area contributed by atoms with E-state index < -0.39 is 36.2 Å². The van der Waals surface area contributed by atoms with E-state index in [4.69, 9.17) is 15.2 Å². The van der Waals surface area contributed by atoms with Crippen LogP contribution in [0.5, 0.6) is 0 Å². The van der Waals surface area contributed by atoms with E-state index in [1.54, 1.807) is 30.3 Å². The summed E-state index contributed by atoms with van der Waals surface area (Å²) in [6.45, 7) is -0.278. The quantitative estimate of drug-likeness (QED) is 0.613. The molecule has 4 N–H and O–H groups in total. The fourth-order valence-corrected chi connectivity index (χ4v) is 2.53. The monoisotopic (exact) mass is 383 g/mol. The Labute approximate surface area is 154 Å². The van der Waals surface area contributed by atoms with Crippen LogP contribution in [0.25, 0.3) is 0 Å². The van der Waals surface area contributed by atoms with E-state index in [1.807, 2.05) is 0 Å². The molecule has 26 heavy (non-hydrogen) atoms. The summed E-state index contributed by atoms with van der Waals surface area (Å²) in [6, 6.07) is 9.69. The van der Waals surface area contributed by atoms with Crippen LogP contribution < -0.4 is 11.4 Å². The van der Waals surface area contributed by atoms with Gasteiger partial charge in [-0.2, -0.15) is 4.98 Å². The summed E-state index contributed by atoms with van der Waals surface area (Å²) < 4.78 is 11.6. The largest absolute Gasteiger partial charge is 0.459 e. The second kappa shape index (κ2) is 8.28. The molecular formula is C16H18ClN3O6. The number of nitrogens with two attached hydrogens (primary N) is 1. The molecule has 0 aliphatic carbocycles. The average molecular weight is 384 g/mol. The van der Waals surface area contributed by atoms with E-state index in [0.29, 0.717) is 5.56 Å². The van der Waals surface area contributed by atoms with E-state index >= 15 is 0 Å². The Bertz CT molecular complexity index is 815. The van der Waals surface area contributed by atoms with Gasteiger partial charge in [-0.15, -0.1) is 12.4 Å². The number of hydrogen-bond acceptors (Lipinski definition) is 8. The molecule has 2 aromatic rings. The number of anilines is 1. The molecule has 2 heterocycles. The van der Waals surface area contributed by atoms with Gasteiger partial charge in [0.25, 0.3) is 0 Å². The van der Waals surface area contributed by atoms with Crippen molar-refractivity contribution in [2.24, 2.45) is 0 Å². The van der Waals surface area contributed by atoms with E-state index in [0.717, 1.165) is 4.57 Å². The van der Waals surface area contributed by atoms with Crippen molar-refractivity contribution in [3.8, 4) is 0 Å². The maximum Gasteiger partial charge on any atom is 0.351 e. The van der Waals surface area contributed by atoms with Gasteiger partial charge in [-0.1, -0.05) is 18.2 Å². The number of hydrogen-bond donors (Lipinski definition) is 3. The van der Waals surface area contributed by atoms with Gasteiger partial charge in [0.1, 0.15) is 30.7 Å². The summed E-state index contributed by atoms with van der Waals surface area (Å²) in [7, 11) is 0. The zero-order valence-corrected chi connectivity index (χ0v) is 14.3. The van der Waals surface area contributed by atoms with Gasteiger partial charge in [-0.05, 0) is 18.2 Å². The maximum absolute atomic E-state index is 11.9. The number of nitrogen functional groups attached to an aromatic ring is 1. The second-order valence-electron chi connectivity index (χ2n) is 5.55. The number of carbonyl (C=O) groups excluding carboxylic acids is 1. The molecule has 0 spiro atoms. The zero-order chi connectivity index (χ0) is 18.0. The van der Waals surface area contributed by atoms with Crippen LogP contribution in [-0.2, 0) is 9.47 Å². The molecule has 1 aliphatic rings. The molecule has 140 valence electrons. The molecular weight excluding hydrogens is 366 g/mol. The molecule has 1 aromatic carbocycles. The Morgan fingerprint density at radius 1 is 1.23 bits per heavy atom. The predicted molar refractivity (Wildman–Crippen MR) is 92.8 cm³/mol. The van der Waals surface area contributed by atoms with E-state index in [-0.39, 0.29) is 24.8 Å². The van der Waals surface area contributed by atoms with Crippen LogP contribution in [0.4, 0.5) is 5.82 Å². The van der Waals surface area contributed by atoms with E-state index in [9.17, 15) is 19.8 Å². The van der Waals surface area contributed by atoms with Gasteiger partial charge < -0.3 is 25.4 Å². The van der Waals surface area contributed by atoms with Crippen molar-refractivity contribution in [3.05, 3.63) is 58.6 Å². The first-order chi connectivity index (χ1) is 12.0. The van der Waals surface area contributed by atoms with Crippen LogP contribution in [0.2, 0.25) is 0 Å². The lowest BCUT2D eigenvalue weighted by atomic mass is 10.1. The molecule has 4 atom stereocenters. The Morgan fingerprint density at radius 3 is 2.58 bits per heavy atom. The third-order valence-electron chi connectivity index (χ3n) is 3.85. The summed E-state index contributed by atoms with van der Waals surface area (Å²) in [6.07, 6.45) is -3.56. The summed E-state index contributed by atoms with van der Waals surface area (Å²) in [5, 5.41) is 20.2. The van der Waals surface area contributed by atoms with Crippen LogP contribution in [0.1, 0.15) is 16.6 Å². The Balaban J connectivity index is 0.00000243. The first-order valence-electron chi connectivity index (χ1n) is 7.56. The molecule has 4 unspecified atom stereocenters. The molecule has 9 nitrogen and oxygen atoms in total. The minimum Gasteiger partial charge on any atom is -0.459 e. The van der Waals surface area contributed by atoms with E-state index in [2.05, 4.69) is 4.98 Å². The number of benzene rings is 1. The highest BCUT2D eigenvalue weighted by atomic mass is 35.5. The van der Waals surface area contributed by atoms with Gasteiger partial charge in [-0.3, -0.25) is 4.57 Å². The number of esters is 1. The van der Waals surface area contributed by atoms with Gasteiger partial charge >= 0.3 is 11.7 Å². The Hall–Kier alpha value is -2.46. The van der Waals surface area contributed by atoms with Crippen LogP contribution >= 0.6 is 12.4 Å². The number of carbonyl (C=O) groups is 1. The number of aromatic nitrogens is 2. The fourth-order valence-electron chi connectivity index (χ4n) is 2.53. The van der Waals surface area contributed by atoms with Gasteiger partial charge in [0.2, 0.25) is 0 Å². The fraction of sp³-hybridized carbons (Fsp3) is 0.312. The minimum atomic E-state index is -1.39. The molecule has 1 aliphatic heterocycles. The molecule has 0 radical (unpaired) electrons. The highest BCUT2D eigenvalue weighted by molar-refractivity contribution is 5.89. The van der Waals surface area contributed by atoms with Gasteiger partial charge in [0, 0.05) is 6.20 Å². The lowest BCUT2D eigenvalue weighted by Gasteiger charge is -2.16. The summed E-state index contributed by atoms with van der Waals surface area (Å²) in [5.41, 5.74) is 5.05. The summed E-state index contributed by atoms with van der Waals surface area (Å²) in [4.78, 5) is 27.3. The number of halogens is 1. The van der Waals surface area contributed by atoms with Crippen LogP contribution in [0.15, 0.2) is 47.4 Å². The second-order valence-corrected chi connectivity index (χ2v) is 5.55. The van der Waals surface area contributed by atoms with Gasteiger partial charge in [0.15, 0.2) is 6.23 Å². The third-order valence-corrected chi connectivity index (χ3v) is 3.85. The summed E-state index contributed by atoms with van der Waals surface area (Å²) in [5.74, 6) is -0.553. The van der Waals surface area contributed by atoms with Crippen LogP contribution in [0, 0.1) is 0 Å². The normalized spacial score (nSPS) is 24.7. The van der Waals surface area contributed by atoms with E-state index in [1.165, 1.54) is 12.3 Å². The standard InChI is InChI=1S/C16H17N3O6.ClH/c17-11-6-7-19(16(23)18-11)14-13(21)12(20)10(25-14)8-24-15(22)9-4-2-1-3-5-9;/h1-7,10,12-14,20-21H,8H2,(H2,17,18,23);1H. The van der Waals surface area contributed by atoms with Crippen molar-refractivity contribution in [3.63, 3.8) is 0 Å². The molecule has 1 fully saturated rings. The van der Waals surface area contributed by atoms with Crippen molar-refractivity contribution < 1.29 is 24.5 Å². The number of ether oxygens (including phenoxy) is 2. The lowest BCUT2D eigenvalue weighted by molar-refractivity contribution is -0.0598. The van der Waals surface area contributed by atoms with Gasteiger partial charge in [-0.25, -0.2) is 9.59 Å². The minimum absolute atomic E-state index is 0. The molecule has 1 saturated heterocycles. The first kappa shape index (κ1) is 19.9. The topological polar surface area (TPSA) is 137 Å². The Morgan fingerprint density at radius 2 is 1.92 bits per heavy atom. The maximum atomic E-state index is 11.9. The average Bonchev–Trinajstić information content (AvgIpc) is 2.89. The zero-order valence-electron chi connectivity index (χ0n) is 13.5. The highest BCUT2D eigenvalue weighted by Gasteiger charge is 2.44. The number of aliphatic hydroxyl groups is 2. The lowest BCUT2D eigenvalue weighted by Crippen LogP contribution is -2.36. The molecule has 0 amide bonds. The molecule has 1 aromatic heterocycles. The van der Waals surface area contributed by atoms with Gasteiger partial charge in [0.05, 0.1) is 5.56 Å². The number of aliphatic hydroxyl groups excluding tert-OH is 2. The van der Waals surface area contributed by atoms with Crippen molar-refractivity contribution >= 4 is 24.2 Å². The molecule has 3 rings (SSSR count). The number of rotatable bonds is 4. The van der Waals surface area contributed by atoms with Crippen LogP contribution in [0.3, 0.4) is 0 Å². The first-order valence-corrected chi connectivity index (χ1v) is 7.56. The van der Waals surface area contributed by atoms with Crippen molar-refractivity contribution in [1.29, 1.82) is 0 Å². The third kappa shape index (κ3) is 4.02. The summed E-state index contributed by atoms with van der Waals surface area (Å²) >= 11 is 0. The predicted octanol–water partition coefficient (Wildman–Crippen LogP) is -0.277. The molecule has 10 heteroatoms. The molecule has 0 bridgehead atoms. The smallest absolute Gasteiger partial charge is 0.351 e. The van der Waals surface area contributed by atoms with Crippen molar-refractivity contribution in [2.75, 3.05) is 12.3 Å². The van der Waals surface area contributed by atoms with Crippen molar-refractivity contribution in [1.82, 2.24) is 9.55 Å². The highest BCUT2D eigenvalue weighted by Crippen LogP contribution is 2.28. The van der Waals surface area contributed by atoms with Crippen LogP contribution in [-0.4, -0.2) is 50.7 Å². The SMILES string of the molecule is Cl.Nc1ccn(C2OC(COC(=O)c3ccccc3)C(O)C2O)c(=O)n1. The van der Waals surface area contributed by atoms with Crippen molar-refractivity contribution in [2.45, 2.75) is 24.5 Å². The Kier molecular flexibility index (Phi) is 6.32. The number of nitrogens with zero attached hydrogens (tertiary/aromatic N) is 2. The molecule has 0 saturated carbocycles.